The van der Waals surface area contributed by atoms with Crippen LogP contribution in [0.25, 0.3) is 0 Å². The molecule has 0 spiro atoms. The van der Waals surface area contributed by atoms with Gasteiger partial charge in [0.05, 0.1) is 6.10 Å². The second kappa shape index (κ2) is 10.4. The molecule has 0 unspecified atom stereocenters. The number of carbonyl (C=O) groups excluding carboxylic acids is 2. The molecular weight excluding hydrogens is 342 g/mol. The molecule has 1 aliphatic heterocycles. The molecule has 2 atom stereocenters. The topological polar surface area (TPSA) is 93.5 Å². The molecule has 6 nitrogen and oxygen atoms in total. The van der Waals surface area contributed by atoms with Crippen molar-refractivity contribution in [3.05, 3.63) is 29.8 Å². The van der Waals surface area contributed by atoms with Crippen LogP contribution in [0.3, 0.4) is 0 Å². The molecule has 0 radical (unpaired) electrons. The van der Waals surface area contributed by atoms with Crippen LogP contribution in [0.5, 0.6) is 0 Å². The number of ether oxygens (including phenoxy) is 1. The second-order valence-electron chi connectivity index (χ2n) is 6.62. The van der Waals surface area contributed by atoms with Gasteiger partial charge < -0.3 is 21.1 Å². The fourth-order valence-electron chi connectivity index (χ4n) is 2.72. The lowest BCUT2D eigenvalue weighted by Crippen LogP contribution is -2.35. The molecule has 1 fully saturated rings. The van der Waals surface area contributed by atoms with Crippen LogP contribution in [0.15, 0.2) is 24.3 Å². The number of halogens is 1. The summed E-state index contributed by atoms with van der Waals surface area (Å²) >= 11 is 0. The van der Waals surface area contributed by atoms with Gasteiger partial charge in [0.25, 0.3) is 0 Å². The summed E-state index contributed by atoms with van der Waals surface area (Å²) in [5.41, 5.74) is 7.23. The third-order valence-corrected chi connectivity index (χ3v) is 3.93. The highest BCUT2D eigenvalue weighted by Crippen LogP contribution is 2.19. The quantitative estimate of drug-likeness (QED) is 0.687. The monoisotopic (exact) mass is 369 g/mol. The summed E-state index contributed by atoms with van der Waals surface area (Å²) in [5, 5.41) is 5.76. The highest BCUT2D eigenvalue weighted by Gasteiger charge is 2.29. The van der Waals surface area contributed by atoms with E-state index in [-0.39, 0.29) is 30.3 Å². The Morgan fingerprint density at radius 2 is 2.08 bits per heavy atom. The fourth-order valence-corrected chi connectivity index (χ4v) is 2.72. The van der Waals surface area contributed by atoms with E-state index in [9.17, 15) is 9.59 Å². The van der Waals surface area contributed by atoms with E-state index in [1.54, 1.807) is 0 Å². The van der Waals surface area contributed by atoms with E-state index in [0.717, 1.165) is 17.7 Å². The minimum absolute atomic E-state index is 0. The summed E-state index contributed by atoms with van der Waals surface area (Å²) in [6.45, 7) is 4.86. The number of nitrogens with two attached hydrogens (primary N) is 1. The number of nitrogens with one attached hydrogen (secondary N) is 2. The van der Waals surface area contributed by atoms with Gasteiger partial charge in [0.15, 0.2) is 0 Å². The smallest absolute Gasteiger partial charge is 0.249 e. The average molecular weight is 370 g/mol. The van der Waals surface area contributed by atoms with Crippen LogP contribution in [0, 0.1) is 5.92 Å². The van der Waals surface area contributed by atoms with E-state index in [1.165, 1.54) is 0 Å². The normalized spacial score (nSPS) is 19.4. The van der Waals surface area contributed by atoms with Crippen molar-refractivity contribution in [1.82, 2.24) is 5.32 Å². The number of hydrogen-bond acceptors (Lipinski definition) is 4. The zero-order chi connectivity index (χ0) is 17.5. The summed E-state index contributed by atoms with van der Waals surface area (Å²) in [5.74, 6) is 0.204. The summed E-state index contributed by atoms with van der Waals surface area (Å²) in [6, 6.07) is 7.49. The van der Waals surface area contributed by atoms with Gasteiger partial charge >= 0.3 is 0 Å². The molecule has 4 N–H and O–H groups in total. The summed E-state index contributed by atoms with van der Waals surface area (Å²) in [7, 11) is 0. The number of amides is 2. The Labute approximate surface area is 155 Å². The Morgan fingerprint density at radius 3 is 2.72 bits per heavy atom. The van der Waals surface area contributed by atoms with Crippen molar-refractivity contribution in [2.75, 3.05) is 11.9 Å². The lowest BCUT2D eigenvalue weighted by Gasteiger charge is -2.13. The lowest BCUT2D eigenvalue weighted by atomic mass is 10.1. The van der Waals surface area contributed by atoms with E-state index >= 15 is 0 Å². The zero-order valence-electron chi connectivity index (χ0n) is 14.8. The molecule has 0 saturated carbocycles. The number of anilines is 1. The Morgan fingerprint density at radius 1 is 1.32 bits per heavy atom. The maximum Gasteiger partial charge on any atom is 0.249 e. The van der Waals surface area contributed by atoms with Gasteiger partial charge in [-0.15, -0.1) is 12.4 Å². The standard InChI is InChI=1S/C18H27N3O3.ClH/c1-12(2)8-17(22)21-14-5-3-4-13(9-14)11-20-18(23)16-7-6-15(10-19)24-16;/h3-5,9,12,15-16H,6-8,10-11,19H2,1-2H3,(H,20,23)(H,21,22);1H/t15-,16+;/m1./s1. The van der Waals surface area contributed by atoms with Crippen LogP contribution >= 0.6 is 12.4 Å². The second-order valence-corrected chi connectivity index (χ2v) is 6.62. The van der Waals surface area contributed by atoms with Crippen molar-refractivity contribution in [1.29, 1.82) is 0 Å². The van der Waals surface area contributed by atoms with E-state index in [2.05, 4.69) is 10.6 Å². The Kier molecular flexibility index (Phi) is 8.89. The van der Waals surface area contributed by atoms with Gasteiger partial charge in [-0.2, -0.15) is 0 Å². The van der Waals surface area contributed by atoms with Crippen molar-refractivity contribution >= 4 is 29.9 Å². The molecule has 25 heavy (non-hydrogen) atoms. The van der Waals surface area contributed by atoms with Crippen molar-refractivity contribution in [3.63, 3.8) is 0 Å². The molecule has 1 heterocycles. The van der Waals surface area contributed by atoms with Gasteiger partial charge in [0, 0.05) is 25.2 Å². The van der Waals surface area contributed by atoms with Crippen LogP contribution < -0.4 is 16.4 Å². The van der Waals surface area contributed by atoms with Gasteiger partial charge in [0.1, 0.15) is 6.10 Å². The highest BCUT2D eigenvalue weighted by molar-refractivity contribution is 5.90. The van der Waals surface area contributed by atoms with Gasteiger partial charge in [-0.25, -0.2) is 0 Å². The first kappa shape index (κ1) is 21.4. The van der Waals surface area contributed by atoms with Crippen molar-refractivity contribution in [2.45, 2.75) is 51.9 Å². The molecule has 0 aliphatic carbocycles. The van der Waals surface area contributed by atoms with Crippen LogP contribution in [0.4, 0.5) is 5.69 Å². The Balaban J connectivity index is 0.00000312. The number of hydrogen-bond donors (Lipinski definition) is 3. The van der Waals surface area contributed by atoms with Crippen molar-refractivity contribution in [3.8, 4) is 0 Å². The van der Waals surface area contributed by atoms with Crippen LogP contribution in [-0.2, 0) is 20.9 Å². The predicted octanol–water partition coefficient (Wildman–Crippen LogP) is 2.22. The Hall–Kier alpha value is -1.63. The SMILES string of the molecule is CC(C)CC(=O)Nc1cccc(CNC(=O)[C@@H]2CC[C@H](CN)O2)c1.Cl. The molecule has 7 heteroatoms. The lowest BCUT2D eigenvalue weighted by molar-refractivity contribution is -0.132. The molecule has 1 saturated heterocycles. The molecular formula is C18H28ClN3O3. The third-order valence-electron chi connectivity index (χ3n) is 3.93. The summed E-state index contributed by atoms with van der Waals surface area (Å²) in [4.78, 5) is 23.9. The first-order valence-electron chi connectivity index (χ1n) is 8.50. The minimum Gasteiger partial charge on any atom is -0.364 e. The zero-order valence-corrected chi connectivity index (χ0v) is 15.6. The molecule has 1 aliphatic rings. The van der Waals surface area contributed by atoms with Gasteiger partial charge in [-0.3, -0.25) is 9.59 Å². The molecule has 2 amide bonds. The number of rotatable bonds is 7. The highest BCUT2D eigenvalue weighted by atomic mass is 35.5. The summed E-state index contributed by atoms with van der Waals surface area (Å²) in [6.07, 6.45) is 1.60. The van der Waals surface area contributed by atoms with E-state index in [1.807, 2.05) is 38.1 Å². The maximum atomic E-state index is 12.1. The Bertz CT molecular complexity index is 580. The largest absolute Gasteiger partial charge is 0.364 e. The molecule has 0 aromatic heterocycles. The minimum atomic E-state index is -0.410. The van der Waals surface area contributed by atoms with Crippen LogP contribution in [0.2, 0.25) is 0 Å². The van der Waals surface area contributed by atoms with Gasteiger partial charge in [0.2, 0.25) is 11.8 Å². The molecule has 1 aromatic carbocycles. The molecule has 0 bridgehead atoms. The first-order chi connectivity index (χ1) is 11.5. The predicted molar refractivity (Wildman–Crippen MR) is 101 cm³/mol. The van der Waals surface area contributed by atoms with Gasteiger partial charge in [-0.1, -0.05) is 26.0 Å². The fraction of sp³-hybridized carbons (Fsp3) is 0.556. The van der Waals surface area contributed by atoms with Crippen LogP contribution in [-0.4, -0.2) is 30.6 Å². The first-order valence-corrected chi connectivity index (χ1v) is 8.50. The van der Waals surface area contributed by atoms with Crippen LogP contribution in [0.1, 0.15) is 38.7 Å². The number of benzene rings is 1. The molecule has 2 rings (SSSR count). The molecule has 140 valence electrons. The maximum absolute atomic E-state index is 12.1. The average Bonchev–Trinajstić information content (AvgIpc) is 3.01. The van der Waals surface area contributed by atoms with E-state index < -0.39 is 6.10 Å². The molecule has 1 aromatic rings. The van der Waals surface area contributed by atoms with Crippen molar-refractivity contribution in [2.24, 2.45) is 11.7 Å². The van der Waals surface area contributed by atoms with E-state index in [0.29, 0.717) is 31.8 Å². The summed E-state index contributed by atoms with van der Waals surface area (Å²) < 4.78 is 5.58. The van der Waals surface area contributed by atoms with Crippen molar-refractivity contribution < 1.29 is 14.3 Å². The van der Waals surface area contributed by atoms with E-state index in [4.69, 9.17) is 10.5 Å². The number of carbonyl (C=O) groups is 2. The van der Waals surface area contributed by atoms with Gasteiger partial charge in [-0.05, 0) is 36.5 Å². The third kappa shape index (κ3) is 7.02.